The summed E-state index contributed by atoms with van der Waals surface area (Å²) in [5.74, 6) is 6.88. The predicted molar refractivity (Wildman–Crippen MR) is 71.1 cm³/mol. The second kappa shape index (κ2) is 6.50. The summed E-state index contributed by atoms with van der Waals surface area (Å²) in [7, 11) is 0. The summed E-state index contributed by atoms with van der Waals surface area (Å²) < 4.78 is 26.1. The lowest BCUT2D eigenvalue weighted by molar-refractivity contribution is 0.372. The molecular weight excluding hydrogens is 254 g/mol. The number of rotatable bonds is 4. The molecule has 1 aromatic rings. The molecule has 100 valence electrons. The fourth-order valence-corrected chi connectivity index (χ4v) is 3.55. The Labute approximate surface area is 110 Å². The van der Waals surface area contributed by atoms with Crippen LogP contribution < -0.4 is 11.3 Å². The third-order valence-corrected chi connectivity index (χ3v) is 4.51. The van der Waals surface area contributed by atoms with Crippen LogP contribution in [0.25, 0.3) is 0 Å². The topological polar surface area (TPSA) is 38.0 Å². The summed E-state index contributed by atoms with van der Waals surface area (Å²) >= 11 is 1.97. The molecule has 1 saturated heterocycles. The van der Waals surface area contributed by atoms with Crippen LogP contribution in [0.1, 0.15) is 30.9 Å². The quantitative estimate of drug-likeness (QED) is 0.653. The average Bonchev–Trinajstić information content (AvgIpc) is 2.40. The molecule has 1 heterocycles. The fourth-order valence-electron chi connectivity index (χ4n) is 2.34. The van der Waals surface area contributed by atoms with E-state index in [4.69, 9.17) is 5.84 Å². The number of hydrazine groups is 1. The van der Waals surface area contributed by atoms with Crippen molar-refractivity contribution in [1.29, 1.82) is 0 Å². The van der Waals surface area contributed by atoms with Gasteiger partial charge in [-0.05, 0) is 54.4 Å². The first-order valence-electron chi connectivity index (χ1n) is 6.19. The van der Waals surface area contributed by atoms with Gasteiger partial charge < -0.3 is 0 Å². The highest BCUT2D eigenvalue weighted by atomic mass is 32.2. The normalized spacial score (nSPS) is 18.8. The van der Waals surface area contributed by atoms with E-state index < -0.39 is 11.6 Å². The van der Waals surface area contributed by atoms with Crippen molar-refractivity contribution in [2.75, 3.05) is 11.5 Å². The third kappa shape index (κ3) is 3.43. The second-order valence-corrected chi connectivity index (χ2v) is 5.91. The van der Waals surface area contributed by atoms with Gasteiger partial charge in [-0.15, -0.1) is 0 Å². The Morgan fingerprint density at radius 2 is 2.00 bits per heavy atom. The van der Waals surface area contributed by atoms with E-state index in [-0.39, 0.29) is 6.04 Å². The molecule has 0 aromatic heterocycles. The van der Waals surface area contributed by atoms with E-state index in [0.717, 1.165) is 18.1 Å². The summed E-state index contributed by atoms with van der Waals surface area (Å²) in [6.45, 7) is 0. The van der Waals surface area contributed by atoms with Crippen LogP contribution in [0.15, 0.2) is 18.2 Å². The van der Waals surface area contributed by atoms with Crippen LogP contribution in [0.2, 0.25) is 0 Å². The summed E-state index contributed by atoms with van der Waals surface area (Å²) in [4.78, 5) is 0. The number of nitrogens with two attached hydrogens (primary N) is 1. The monoisotopic (exact) mass is 272 g/mol. The lowest BCUT2D eigenvalue weighted by Gasteiger charge is -2.26. The molecule has 0 radical (unpaired) electrons. The molecular formula is C13H18F2N2S. The van der Waals surface area contributed by atoms with Crippen LogP contribution in [-0.4, -0.2) is 11.5 Å². The number of nitrogens with one attached hydrogen (secondary N) is 1. The first-order chi connectivity index (χ1) is 8.70. The lowest BCUT2D eigenvalue weighted by atomic mass is 9.91. The number of benzene rings is 1. The van der Waals surface area contributed by atoms with E-state index in [2.05, 4.69) is 5.43 Å². The molecule has 2 rings (SSSR count). The molecule has 0 aliphatic carbocycles. The minimum atomic E-state index is -0.816. The van der Waals surface area contributed by atoms with Crippen molar-refractivity contribution in [3.63, 3.8) is 0 Å². The minimum Gasteiger partial charge on any atom is -0.271 e. The molecule has 1 unspecified atom stereocenters. The Morgan fingerprint density at radius 1 is 1.28 bits per heavy atom. The summed E-state index contributed by atoms with van der Waals surface area (Å²) in [6, 6.07) is 3.89. The first kappa shape index (κ1) is 13.8. The summed E-state index contributed by atoms with van der Waals surface area (Å²) in [6.07, 6.45) is 3.22. The summed E-state index contributed by atoms with van der Waals surface area (Å²) in [5, 5.41) is 0. The van der Waals surface area contributed by atoms with Gasteiger partial charge in [0, 0.05) is 6.04 Å². The second-order valence-electron chi connectivity index (χ2n) is 4.68. The zero-order valence-electron chi connectivity index (χ0n) is 10.2. The van der Waals surface area contributed by atoms with E-state index in [1.807, 2.05) is 11.8 Å². The minimum absolute atomic E-state index is 0.104. The van der Waals surface area contributed by atoms with Crippen molar-refractivity contribution in [2.24, 2.45) is 11.8 Å². The van der Waals surface area contributed by atoms with Gasteiger partial charge in [0.2, 0.25) is 0 Å². The Hall–Kier alpha value is -0.650. The van der Waals surface area contributed by atoms with Crippen molar-refractivity contribution in [2.45, 2.75) is 25.3 Å². The van der Waals surface area contributed by atoms with Gasteiger partial charge in [-0.25, -0.2) is 8.78 Å². The molecule has 0 amide bonds. The van der Waals surface area contributed by atoms with Gasteiger partial charge in [-0.2, -0.15) is 11.8 Å². The fraction of sp³-hybridized carbons (Fsp3) is 0.538. The van der Waals surface area contributed by atoms with Gasteiger partial charge in [0.1, 0.15) is 0 Å². The van der Waals surface area contributed by atoms with E-state index in [1.165, 1.54) is 30.4 Å². The highest BCUT2D eigenvalue weighted by molar-refractivity contribution is 7.99. The SMILES string of the molecule is NNC(CC1CCSCC1)c1ccc(F)c(F)c1. The van der Waals surface area contributed by atoms with Crippen LogP contribution in [0.3, 0.4) is 0 Å². The molecule has 3 N–H and O–H groups in total. The van der Waals surface area contributed by atoms with Crippen molar-refractivity contribution < 1.29 is 8.78 Å². The van der Waals surface area contributed by atoms with Gasteiger partial charge in [-0.3, -0.25) is 11.3 Å². The van der Waals surface area contributed by atoms with Crippen molar-refractivity contribution in [1.82, 2.24) is 5.43 Å². The highest BCUT2D eigenvalue weighted by Crippen LogP contribution is 2.31. The van der Waals surface area contributed by atoms with Crippen LogP contribution in [0.4, 0.5) is 8.78 Å². The van der Waals surface area contributed by atoms with Crippen molar-refractivity contribution in [3.8, 4) is 0 Å². The lowest BCUT2D eigenvalue weighted by Crippen LogP contribution is -2.30. The first-order valence-corrected chi connectivity index (χ1v) is 7.35. The molecule has 1 fully saturated rings. The number of halogens is 2. The average molecular weight is 272 g/mol. The smallest absolute Gasteiger partial charge is 0.159 e. The zero-order chi connectivity index (χ0) is 13.0. The predicted octanol–water partition coefficient (Wildman–Crippen LogP) is 3.00. The third-order valence-electron chi connectivity index (χ3n) is 3.46. The molecule has 18 heavy (non-hydrogen) atoms. The molecule has 1 aliphatic heterocycles. The molecule has 1 aromatic carbocycles. The van der Waals surface area contributed by atoms with E-state index in [9.17, 15) is 8.78 Å². The highest BCUT2D eigenvalue weighted by Gasteiger charge is 2.20. The molecule has 1 atom stereocenters. The molecule has 0 saturated carbocycles. The van der Waals surface area contributed by atoms with Gasteiger partial charge in [0.05, 0.1) is 0 Å². The van der Waals surface area contributed by atoms with E-state index in [0.29, 0.717) is 5.92 Å². The van der Waals surface area contributed by atoms with Crippen LogP contribution in [-0.2, 0) is 0 Å². The van der Waals surface area contributed by atoms with E-state index >= 15 is 0 Å². The van der Waals surface area contributed by atoms with Crippen LogP contribution >= 0.6 is 11.8 Å². The van der Waals surface area contributed by atoms with Gasteiger partial charge in [0.25, 0.3) is 0 Å². The Balaban J connectivity index is 2.04. The largest absolute Gasteiger partial charge is 0.271 e. The Bertz CT molecular complexity index is 395. The Kier molecular flexibility index (Phi) is 4.97. The standard InChI is InChI=1S/C13H18F2N2S/c14-11-2-1-10(8-12(11)15)13(17-16)7-9-3-5-18-6-4-9/h1-2,8-9,13,17H,3-7,16H2. The Morgan fingerprint density at radius 3 is 2.61 bits per heavy atom. The molecule has 2 nitrogen and oxygen atoms in total. The van der Waals surface area contributed by atoms with E-state index in [1.54, 1.807) is 6.07 Å². The molecule has 0 spiro atoms. The van der Waals surface area contributed by atoms with Crippen LogP contribution in [0.5, 0.6) is 0 Å². The van der Waals surface area contributed by atoms with Crippen molar-refractivity contribution in [3.05, 3.63) is 35.4 Å². The molecule has 0 bridgehead atoms. The molecule has 5 heteroatoms. The van der Waals surface area contributed by atoms with Crippen molar-refractivity contribution >= 4 is 11.8 Å². The maximum atomic E-state index is 13.2. The van der Waals surface area contributed by atoms with Crippen LogP contribution in [0, 0.1) is 17.6 Å². The van der Waals surface area contributed by atoms with Gasteiger partial charge in [-0.1, -0.05) is 6.07 Å². The zero-order valence-corrected chi connectivity index (χ0v) is 11.0. The molecule has 1 aliphatic rings. The van der Waals surface area contributed by atoms with Gasteiger partial charge >= 0.3 is 0 Å². The maximum Gasteiger partial charge on any atom is 0.159 e. The summed E-state index contributed by atoms with van der Waals surface area (Å²) in [5.41, 5.74) is 3.43. The maximum absolute atomic E-state index is 13.2. The number of thioether (sulfide) groups is 1. The van der Waals surface area contributed by atoms with Gasteiger partial charge in [0.15, 0.2) is 11.6 Å². The number of hydrogen-bond donors (Lipinski definition) is 2. The number of hydrogen-bond acceptors (Lipinski definition) is 3.